The van der Waals surface area contributed by atoms with Crippen molar-refractivity contribution in [1.82, 2.24) is 15.2 Å². The number of nitrogens with one attached hydrogen (secondary N) is 1. The third-order valence-corrected chi connectivity index (χ3v) is 4.22. The van der Waals surface area contributed by atoms with Crippen LogP contribution in [0.25, 0.3) is 5.69 Å². The van der Waals surface area contributed by atoms with Gasteiger partial charge in [-0.25, -0.2) is 10.1 Å². The Balaban J connectivity index is 1.90. The number of nitrogens with zero attached hydrogens (tertiary/aromatic N) is 3. The van der Waals surface area contributed by atoms with Gasteiger partial charge in [-0.05, 0) is 36.8 Å². The van der Waals surface area contributed by atoms with Crippen LogP contribution in [0.2, 0.25) is 0 Å². The van der Waals surface area contributed by atoms with E-state index in [0.29, 0.717) is 4.68 Å². The summed E-state index contributed by atoms with van der Waals surface area (Å²) in [5.41, 5.74) is -0.940. The second kappa shape index (κ2) is 8.25. The zero-order chi connectivity index (χ0) is 22.8. The number of alkyl halides is 6. The second-order valence-electron chi connectivity index (χ2n) is 6.37. The third kappa shape index (κ3) is 4.93. The highest BCUT2D eigenvalue weighted by molar-refractivity contribution is 6.01. The quantitative estimate of drug-likeness (QED) is 0.350. The summed E-state index contributed by atoms with van der Waals surface area (Å²) in [6, 6.07) is 11.6. The molecule has 0 aliphatic rings. The number of hydrazone groups is 1. The number of para-hydroxylation sites is 1. The van der Waals surface area contributed by atoms with E-state index in [2.05, 4.69) is 10.2 Å². The van der Waals surface area contributed by atoms with E-state index in [-0.39, 0.29) is 17.0 Å². The SMILES string of the molecule is C/C(=N\NC(=O)c1cnn(-c2ccccc2)c1C(F)(F)F)c1cccc(C(F)(F)F)c1. The summed E-state index contributed by atoms with van der Waals surface area (Å²) in [5, 5.41) is 7.30. The van der Waals surface area contributed by atoms with E-state index < -0.39 is 35.1 Å². The largest absolute Gasteiger partial charge is 0.434 e. The highest BCUT2D eigenvalue weighted by Crippen LogP contribution is 2.33. The topological polar surface area (TPSA) is 59.3 Å². The number of rotatable bonds is 4. The van der Waals surface area contributed by atoms with E-state index in [1.54, 1.807) is 6.07 Å². The maximum absolute atomic E-state index is 13.6. The normalized spacial score (nSPS) is 12.7. The summed E-state index contributed by atoms with van der Waals surface area (Å²) < 4.78 is 80.0. The van der Waals surface area contributed by atoms with E-state index in [9.17, 15) is 31.1 Å². The Kier molecular flexibility index (Phi) is 5.87. The van der Waals surface area contributed by atoms with Gasteiger partial charge in [-0.3, -0.25) is 4.79 Å². The molecular formula is C20H14F6N4O. The lowest BCUT2D eigenvalue weighted by atomic mass is 10.1. The Labute approximate surface area is 172 Å². The molecule has 2 aromatic carbocycles. The van der Waals surface area contributed by atoms with Crippen molar-refractivity contribution in [1.29, 1.82) is 0 Å². The summed E-state index contributed by atoms with van der Waals surface area (Å²) in [7, 11) is 0. The molecule has 3 aromatic rings. The zero-order valence-electron chi connectivity index (χ0n) is 15.8. The fourth-order valence-electron chi connectivity index (χ4n) is 2.73. The Morgan fingerprint density at radius 1 is 0.968 bits per heavy atom. The minimum atomic E-state index is -4.90. The lowest BCUT2D eigenvalue weighted by Gasteiger charge is -2.12. The molecular weight excluding hydrogens is 426 g/mol. The summed E-state index contributed by atoms with van der Waals surface area (Å²) in [4.78, 5) is 12.4. The van der Waals surface area contributed by atoms with Crippen molar-refractivity contribution in [3.05, 3.63) is 83.2 Å². The molecule has 0 aliphatic heterocycles. The second-order valence-corrected chi connectivity index (χ2v) is 6.37. The molecule has 1 amide bonds. The van der Waals surface area contributed by atoms with Crippen LogP contribution in [0.1, 0.15) is 34.1 Å². The van der Waals surface area contributed by atoms with E-state index >= 15 is 0 Å². The fourth-order valence-corrected chi connectivity index (χ4v) is 2.73. The molecule has 0 radical (unpaired) electrons. The van der Waals surface area contributed by atoms with Gasteiger partial charge in [0.15, 0.2) is 5.69 Å². The third-order valence-electron chi connectivity index (χ3n) is 4.22. The van der Waals surface area contributed by atoms with Crippen LogP contribution in [0.5, 0.6) is 0 Å². The van der Waals surface area contributed by atoms with Gasteiger partial charge in [0.05, 0.1) is 28.7 Å². The summed E-state index contributed by atoms with van der Waals surface area (Å²) in [5.74, 6) is -1.21. The fraction of sp³-hybridized carbons (Fsp3) is 0.150. The summed E-state index contributed by atoms with van der Waals surface area (Å²) in [6.07, 6.45) is -8.73. The molecule has 31 heavy (non-hydrogen) atoms. The standard InChI is InChI=1S/C20H14F6N4O/c1-12(13-6-5-7-14(10-13)19(21,22)23)28-29-18(31)16-11-27-30(17(16)20(24,25)26)15-8-3-2-4-9-15/h2-11H,1H3,(H,29,31)/b28-12+. The highest BCUT2D eigenvalue weighted by Gasteiger charge is 2.40. The molecule has 0 saturated carbocycles. The lowest BCUT2D eigenvalue weighted by molar-refractivity contribution is -0.143. The first-order valence-corrected chi connectivity index (χ1v) is 8.71. The van der Waals surface area contributed by atoms with Crippen molar-refractivity contribution in [2.75, 3.05) is 0 Å². The molecule has 11 heteroatoms. The number of amides is 1. The van der Waals surface area contributed by atoms with Gasteiger partial charge in [0, 0.05) is 0 Å². The Morgan fingerprint density at radius 3 is 2.26 bits per heavy atom. The minimum Gasteiger partial charge on any atom is -0.267 e. The van der Waals surface area contributed by atoms with Crippen LogP contribution in [0.3, 0.4) is 0 Å². The van der Waals surface area contributed by atoms with Crippen LogP contribution >= 0.6 is 0 Å². The number of halogens is 6. The lowest BCUT2D eigenvalue weighted by Crippen LogP contribution is -2.24. The number of carbonyl (C=O) groups is 1. The maximum Gasteiger partial charge on any atom is 0.434 e. The van der Waals surface area contributed by atoms with Gasteiger partial charge in [0.1, 0.15) is 0 Å². The molecule has 0 saturated heterocycles. The van der Waals surface area contributed by atoms with E-state index in [1.807, 2.05) is 5.43 Å². The van der Waals surface area contributed by atoms with Crippen molar-refractivity contribution >= 4 is 11.6 Å². The molecule has 0 aliphatic carbocycles. The van der Waals surface area contributed by atoms with Gasteiger partial charge in [-0.15, -0.1) is 0 Å². The number of carbonyl (C=O) groups excluding carboxylic acids is 1. The minimum absolute atomic E-state index is 0.0246. The number of aromatic nitrogens is 2. The van der Waals surface area contributed by atoms with Gasteiger partial charge in [-0.1, -0.05) is 30.3 Å². The van der Waals surface area contributed by atoms with Crippen molar-refractivity contribution in [3.63, 3.8) is 0 Å². The molecule has 0 bridgehead atoms. The Bertz CT molecular complexity index is 1120. The molecule has 162 valence electrons. The number of hydrogen-bond donors (Lipinski definition) is 1. The zero-order valence-corrected chi connectivity index (χ0v) is 15.8. The number of hydrogen-bond acceptors (Lipinski definition) is 3. The van der Waals surface area contributed by atoms with Crippen LogP contribution in [-0.4, -0.2) is 21.4 Å². The first kappa shape index (κ1) is 22.1. The number of benzene rings is 2. The maximum atomic E-state index is 13.6. The molecule has 1 aromatic heterocycles. The molecule has 1 N–H and O–H groups in total. The monoisotopic (exact) mass is 440 g/mol. The van der Waals surface area contributed by atoms with Crippen LogP contribution in [0.4, 0.5) is 26.3 Å². The molecule has 1 heterocycles. The van der Waals surface area contributed by atoms with Crippen molar-refractivity contribution < 1.29 is 31.1 Å². The predicted molar refractivity (Wildman–Crippen MR) is 99.7 cm³/mol. The van der Waals surface area contributed by atoms with E-state index in [1.165, 1.54) is 37.3 Å². The van der Waals surface area contributed by atoms with Gasteiger partial charge < -0.3 is 0 Å². The first-order valence-electron chi connectivity index (χ1n) is 8.71. The van der Waals surface area contributed by atoms with Gasteiger partial charge in [0.2, 0.25) is 0 Å². The average Bonchev–Trinajstić information content (AvgIpc) is 3.18. The van der Waals surface area contributed by atoms with Gasteiger partial charge in [0.25, 0.3) is 5.91 Å². The van der Waals surface area contributed by atoms with Crippen LogP contribution in [0, 0.1) is 0 Å². The molecule has 0 fully saturated rings. The predicted octanol–water partition coefficient (Wildman–Crippen LogP) is 5.06. The van der Waals surface area contributed by atoms with Gasteiger partial charge >= 0.3 is 12.4 Å². The molecule has 3 rings (SSSR count). The Hall–Kier alpha value is -3.63. The molecule has 5 nitrogen and oxygen atoms in total. The van der Waals surface area contributed by atoms with E-state index in [4.69, 9.17) is 0 Å². The van der Waals surface area contributed by atoms with Crippen LogP contribution < -0.4 is 5.43 Å². The van der Waals surface area contributed by atoms with Crippen LogP contribution in [0.15, 0.2) is 65.9 Å². The Morgan fingerprint density at radius 2 is 1.65 bits per heavy atom. The van der Waals surface area contributed by atoms with E-state index in [0.717, 1.165) is 24.4 Å². The smallest absolute Gasteiger partial charge is 0.267 e. The average molecular weight is 440 g/mol. The molecule has 0 unspecified atom stereocenters. The molecule has 0 atom stereocenters. The van der Waals surface area contributed by atoms with Crippen molar-refractivity contribution in [2.45, 2.75) is 19.3 Å². The summed E-state index contributed by atoms with van der Waals surface area (Å²) in [6.45, 7) is 1.31. The summed E-state index contributed by atoms with van der Waals surface area (Å²) >= 11 is 0. The van der Waals surface area contributed by atoms with Crippen molar-refractivity contribution in [3.8, 4) is 5.69 Å². The van der Waals surface area contributed by atoms with Crippen molar-refractivity contribution in [2.24, 2.45) is 5.10 Å². The van der Waals surface area contributed by atoms with Gasteiger partial charge in [-0.2, -0.15) is 36.5 Å². The first-order chi connectivity index (χ1) is 14.5. The van der Waals surface area contributed by atoms with Crippen LogP contribution in [-0.2, 0) is 12.4 Å². The highest BCUT2D eigenvalue weighted by atomic mass is 19.4. The molecule has 0 spiro atoms.